The summed E-state index contributed by atoms with van der Waals surface area (Å²) in [7, 11) is 0. The number of para-hydroxylation sites is 2. The number of nitrogens with zero attached hydrogens (tertiary/aromatic N) is 1. The number of aromatic nitrogens is 2. The molecule has 3 N–H and O–H groups in total. The molecule has 27 heavy (non-hydrogen) atoms. The number of carbonyl (C=O) groups excluding carboxylic acids is 1. The second-order valence-electron chi connectivity index (χ2n) is 6.90. The monoisotopic (exact) mass is 372 g/mol. The number of hydrogen-bond acceptors (Lipinski definition) is 4. The number of benzene rings is 1. The van der Waals surface area contributed by atoms with Gasteiger partial charge in [0.1, 0.15) is 12.4 Å². The van der Waals surface area contributed by atoms with Crippen LogP contribution in [0.5, 0.6) is 5.75 Å². The van der Waals surface area contributed by atoms with Gasteiger partial charge in [-0.25, -0.2) is 4.79 Å². The van der Waals surface area contributed by atoms with E-state index in [-0.39, 0.29) is 17.7 Å². The summed E-state index contributed by atoms with van der Waals surface area (Å²) in [5.74, 6) is 0.637. The molecule has 1 fully saturated rings. The third-order valence-corrected chi connectivity index (χ3v) is 5.09. The summed E-state index contributed by atoms with van der Waals surface area (Å²) in [6.07, 6.45) is 3.34. The lowest BCUT2D eigenvalue weighted by atomic mass is 10.2. The first-order valence-corrected chi connectivity index (χ1v) is 9.38. The van der Waals surface area contributed by atoms with Crippen molar-refractivity contribution in [1.82, 2.24) is 15.1 Å². The molecule has 8 heteroatoms. The number of anilines is 1. The Morgan fingerprint density at radius 3 is 2.96 bits per heavy atom. The Bertz CT molecular complexity index is 853. The van der Waals surface area contributed by atoms with Crippen LogP contribution in [0.3, 0.4) is 0 Å². The van der Waals surface area contributed by atoms with Crippen LogP contribution in [0, 0.1) is 0 Å². The molecule has 0 unspecified atom stereocenters. The van der Waals surface area contributed by atoms with E-state index < -0.39 is 0 Å². The highest BCUT2D eigenvalue weighted by Crippen LogP contribution is 2.25. The summed E-state index contributed by atoms with van der Waals surface area (Å²) in [6.45, 7) is 2.31. The van der Waals surface area contributed by atoms with Crippen molar-refractivity contribution in [2.45, 2.75) is 31.8 Å². The van der Waals surface area contributed by atoms with E-state index in [2.05, 4.69) is 15.5 Å². The fourth-order valence-electron chi connectivity index (χ4n) is 3.55. The maximum Gasteiger partial charge on any atom is 0.321 e. The van der Waals surface area contributed by atoms with Gasteiger partial charge < -0.3 is 24.8 Å². The van der Waals surface area contributed by atoms with Gasteiger partial charge in [-0.2, -0.15) is 0 Å². The highest BCUT2D eigenvalue weighted by Gasteiger charge is 2.22. The molecule has 0 aliphatic carbocycles. The minimum atomic E-state index is -0.190. The van der Waals surface area contributed by atoms with Gasteiger partial charge in [-0.15, -0.1) is 0 Å². The molecule has 2 aliphatic heterocycles. The van der Waals surface area contributed by atoms with Gasteiger partial charge in [0.05, 0.1) is 11.8 Å². The first-order chi connectivity index (χ1) is 13.2. The maximum atomic E-state index is 12.7. The summed E-state index contributed by atoms with van der Waals surface area (Å²) in [5, 5.41) is 8.45. The molecule has 8 nitrogen and oxygen atoms in total. The topological polar surface area (TPSA) is 99.4 Å². The van der Waals surface area contributed by atoms with Crippen molar-refractivity contribution in [2.24, 2.45) is 0 Å². The van der Waals surface area contributed by atoms with Crippen LogP contribution in [0.4, 0.5) is 10.5 Å². The number of carbonyl (C=O) groups is 1. The van der Waals surface area contributed by atoms with Crippen LogP contribution in [0.2, 0.25) is 0 Å². The van der Waals surface area contributed by atoms with Crippen LogP contribution in [-0.2, 0) is 17.6 Å². The number of hydrogen-bond donors (Lipinski definition) is 3. The van der Waals surface area contributed by atoms with E-state index >= 15 is 0 Å². The summed E-state index contributed by atoms with van der Waals surface area (Å²) in [4.78, 5) is 26.2. The van der Waals surface area contributed by atoms with Gasteiger partial charge >= 0.3 is 6.03 Å². The SMILES string of the molecule is O=C(Nc1ccccc1OC[C@H]1CCCO1)N1CCc2[nH][nH]c(=O)c2CC1. The molecule has 0 bridgehead atoms. The van der Waals surface area contributed by atoms with Crippen molar-refractivity contribution in [3.8, 4) is 5.75 Å². The van der Waals surface area contributed by atoms with Crippen LogP contribution >= 0.6 is 0 Å². The number of rotatable bonds is 4. The van der Waals surface area contributed by atoms with Gasteiger partial charge in [-0.05, 0) is 31.4 Å². The predicted molar refractivity (Wildman–Crippen MR) is 100 cm³/mol. The van der Waals surface area contributed by atoms with Crippen molar-refractivity contribution >= 4 is 11.7 Å². The quantitative estimate of drug-likeness (QED) is 0.763. The van der Waals surface area contributed by atoms with Crippen LogP contribution in [0.15, 0.2) is 29.1 Å². The molecular weight excluding hydrogens is 348 g/mol. The Hall–Kier alpha value is -2.74. The van der Waals surface area contributed by atoms with E-state index in [0.717, 1.165) is 30.7 Å². The summed E-state index contributed by atoms with van der Waals surface area (Å²) >= 11 is 0. The van der Waals surface area contributed by atoms with Gasteiger partial charge in [-0.1, -0.05) is 12.1 Å². The van der Waals surface area contributed by atoms with Crippen molar-refractivity contribution in [1.29, 1.82) is 0 Å². The first-order valence-electron chi connectivity index (χ1n) is 9.38. The average Bonchev–Trinajstić information content (AvgIpc) is 3.26. The molecule has 0 saturated carbocycles. The zero-order valence-corrected chi connectivity index (χ0v) is 15.1. The second-order valence-corrected chi connectivity index (χ2v) is 6.90. The number of amides is 2. The highest BCUT2D eigenvalue weighted by atomic mass is 16.5. The number of urea groups is 1. The Balaban J connectivity index is 1.38. The molecule has 1 atom stereocenters. The zero-order chi connectivity index (χ0) is 18.6. The van der Waals surface area contributed by atoms with Gasteiger partial charge in [0.25, 0.3) is 5.56 Å². The summed E-state index contributed by atoms with van der Waals surface area (Å²) in [5.41, 5.74) is 2.17. The minimum Gasteiger partial charge on any atom is -0.489 e. The molecule has 1 aromatic carbocycles. The normalized spacial score (nSPS) is 19.4. The highest BCUT2D eigenvalue weighted by molar-refractivity contribution is 5.91. The van der Waals surface area contributed by atoms with Crippen LogP contribution in [0.1, 0.15) is 24.1 Å². The summed E-state index contributed by atoms with van der Waals surface area (Å²) in [6, 6.07) is 7.22. The molecule has 1 aromatic heterocycles. The van der Waals surface area contributed by atoms with E-state index in [0.29, 0.717) is 44.0 Å². The fraction of sp³-hybridized carbons (Fsp3) is 0.474. The molecule has 3 heterocycles. The van der Waals surface area contributed by atoms with Gasteiger partial charge in [0, 0.05) is 37.4 Å². The fourth-order valence-corrected chi connectivity index (χ4v) is 3.55. The van der Waals surface area contributed by atoms with Crippen molar-refractivity contribution in [3.05, 3.63) is 45.9 Å². The number of aromatic amines is 2. The van der Waals surface area contributed by atoms with Gasteiger partial charge in [-0.3, -0.25) is 9.89 Å². The Kier molecular flexibility index (Phi) is 5.15. The van der Waals surface area contributed by atoms with E-state index in [9.17, 15) is 9.59 Å². The van der Waals surface area contributed by atoms with Gasteiger partial charge in [0.2, 0.25) is 0 Å². The van der Waals surface area contributed by atoms with E-state index in [1.54, 1.807) is 4.90 Å². The van der Waals surface area contributed by atoms with Crippen LogP contribution < -0.4 is 15.6 Å². The van der Waals surface area contributed by atoms with Crippen LogP contribution in [-0.4, -0.2) is 53.5 Å². The van der Waals surface area contributed by atoms with Gasteiger partial charge in [0.15, 0.2) is 0 Å². The number of fused-ring (bicyclic) bond motifs is 1. The Morgan fingerprint density at radius 1 is 1.26 bits per heavy atom. The molecule has 2 amide bonds. The number of nitrogens with one attached hydrogen (secondary N) is 3. The Labute approximate surface area is 156 Å². The number of ether oxygens (including phenoxy) is 2. The minimum absolute atomic E-state index is 0.0971. The van der Waals surface area contributed by atoms with Crippen LogP contribution in [0.25, 0.3) is 0 Å². The second kappa shape index (κ2) is 7.87. The zero-order valence-electron chi connectivity index (χ0n) is 15.1. The summed E-state index contributed by atoms with van der Waals surface area (Å²) < 4.78 is 11.5. The lowest BCUT2D eigenvalue weighted by molar-refractivity contribution is 0.0682. The van der Waals surface area contributed by atoms with E-state index in [4.69, 9.17) is 9.47 Å². The lowest BCUT2D eigenvalue weighted by Gasteiger charge is -2.22. The lowest BCUT2D eigenvalue weighted by Crippen LogP contribution is -2.37. The molecule has 2 aromatic rings. The maximum absolute atomic E-state index is 12.7. The molecule has 4 rings (SSSR count). The molecule has 0 spiro atoms. The molecule has 1 saturated heterocycles. The molecule has 2 aliphatic rings. The van der Waals surface area contributed by atoms with Crippen molar-refractivity contribution in [2.75, 3.05) is 31.6 Å². The largest absolute Gasteiger partial charge is 0.489 e. The molecule has 144 valence electrons. The van der Waals surface area contributed by atoms with E-state index in [1.807, 2.05) is 24.3 Å². The Morgan fingerprint density at radius 2 is 2.11 bits per heavy atom. The third-order valence-electron chi connectivity index (χ3n) is 5.09. The average molecular weight is 372 g/mol. The van der Waals surface area contributed by atoms with Crippen molar-refractivity contribution < 1.29 is 14.3 Å². The molecule has 0 radical (unpaired) electrons. The smallest absolute Gasteiger partial charge is 0.321 e. The van der Waals surface area contributed by atoms with Crippen molar-refractivity contribution in [3.63, 3.8) is 0 Å². The van der Waals surface area contributed by atoms with E-state index in [1.165, 1.54) is 0 Å². The predicted octanol–water partition coefficient (Wildman–Crippen LogP) is 1.89. The third kappa shape index (κ3) is 4.00. The standard InChI is InChI=1S/C19H24N4O4/c24-18-14-7-9-23(10-8-15(14)21-22-18)19(25)20-16-5-1-2-6-17(16)27-12-13-4-3-11-26-13/h1-2,5-6,13H,3-4,7-12H2,(H,20,25)(H2,21,22,24)/t13-/m1/s1. The number of H-pyrrole nitrogens is 2. The first kappa shape index (κ1) is 17.7. The molecular formula is C19H24N4O4.